The van der Waals surface area contributed by atoms with Crippen molar-refractivity contribution >= 4 is 27.6 Å². The Hall–Kier alpha value is -1.03. The van der Waals surface area contributed by atoms with Crippen molar-refractivity contribution in [2.75, 3.05) is 5.73 Å². The average molecular weight is 312 g/mol. The number of benzene rings is 1. The van der Waals surface area contributed by atoms with Gasteiger partial charge >= 0.3 is 5.97 Å². The van der Waals surface area contributed by atoms with Crippen molar-refractivity contribution < 1.29 is 9.53 Å². The van der Waals surface area contributed by atoms with E-state index in [-0.39, 0.29) is 12.1 Å². The largest absolute Gasteiger partial charge is 0.459 e. The van der Waals surface area contributed by atoms with Gasteiger partial charge in [-0.3, -0.25) is 0 Å². The van der Waals surface area contributed by atoms with Crippen LogP contribution in [0.4, 0.5) is 5.69 Å². The van der Waals surface area contributed by atoms with Gasteiger partial charge in [0.25, 0.3) is 0 Å². The predicted octanol–water partition coefficient (Wildman–Crippen LogP) is 3.77. The minimum atomic E-state index is -0.284. The van der Waals surface area contributed by atoms with Crippen LogP contribution in [0.1, 0.15) is 43.0 Å². The highest BCUT2D eigenvalue weighted by Gasteiger charge is 2.23. The van der Waals surface area contributed by atoms with E-state index in [1.165, 1.54) is 0 Å². The molecule has 0 unspecified atom stereocenters. The van der Waals surface area contributed by atoms with E-state index in [1.54, 1.807) is 18.2 Å². The van der Waals surface area contributed by atoms with Crippen LogP contribution >= 0.6 is 15.9 Å². The molecule has 98 valence electrons. The van der Waals surface area contributed by atoms with Crippen LogP contribution in [0.5, 0.6) is 0 Å². The Morgan fingerprint density at radius 3 is 2.67 bits per heavy atom. The normalized spacial score (nSPS) is 23.7. The number of hydrogen-bond acceptors (Lipinski definition) is 3. The fourth-order valence-electron chi connectivity index (χ4n) is 2.26. The summed E-state index contributed by atoms with van der Waals surface area (Å²) in [5, 5.41) is 0. The number of hydrogen-bond donors (Lipinski definition) is 1. The van der Waals surface area contributed by atoms with Gasteiger partial charge in [-0.1, -0.05) is 6.92 Å². The molecule has 2 N–H and O–H groups in total. The SMILES string of the molecule is CC1CCC(OC(=O)c2cc(N)ccc2Br)CC1. The maximum Gasteiger partial charge on any atom is 0.339 e. The summed E-state index contributed by atoms with van der Waals surface area (Å²) in [4.78, 5) is 12.1. The van der Waals surface area contributed by atoms with E-state index in [0.29, 0.717) is 11.3 Å². The number of carbonyl (C=O) groups excluding carboxylic acids is 1. The van der Waals surface area contributed by atoms with Gasteiger partial charge in [-0.05, 0) is 65.7 Å². The lowest BCUT2D eigenvalue weighted by atomic mass is 9.89. The molecule has 1 saturated carbocycles. The Balaban J connectivity index is 2.01. The first-order valence-electron chi connectivity index (χ1n) is 6.32. The number of anilines is 1. The van der Waals surface area contributed by atoms with E-state index in [0.717, 1.165) is 36.1 Å². The van der Waals surface area contributed by atoms with Gasteiger partial charge in [0, 0.05) is 10.2 Å². The van der Waals surface area contributed by atoms with Crippen LogP contribution in [-0.2, 0) is 4.74 Å². The van der Waals surface area contributed by atoms with Gasteiger partial charge in [0.15, 0.2) is 0 Å². The first-order chi connectivity index (χ1) is 8.56. The molecule has 2 rings (SSSR count). The molecule has 0 heterocycles. The fourth-order valence-corrected chi connectivity index (χ4v) is 2.67. The molecule has 4 heteroatoms. The summed E-state index contributed by atoms with van der Waals surface area (Å²) in [7, 11) is 0. The topological polar surface area (TPSA) is 52.3 Å². The van der Waals surface area contributed by atoms with Gasteiger partial charge in [-0.25, -0.2) is 4.79 Å². The zero-order valence-electron chi connectivity index (χ0n) is 10.5. The minimum absolute atomic E-state index is 0.0574. The van der Waals surface area contributed by atoms with Gasteiger partial charge in [0.05, 0.1) is 5.56 Å². The average Bonchev–Trinajstić information content (AvgIpc) is 2.35. The Morgan fingerprint density at radius 2 is 2.00 bits per heavy atom. The lowest BCUT2D eigenvalue weighted by Crippen LogP contribution is -2.23. The third-order valence-electron chi connectivity index (χ3n) is 3.45. The van der Waals surface area contributed by atoms with E-state index in [9.17, 15) is 4.79 Å². The molecule has 0 aromatic heterocycles. The molecule has 1 aliphatic carbocycles. The zero-order valence-corrected chi connectivity index (χ0v) is 12.1. The van der Waals surface area contributed by atoms with Gasteiger partial charge in [0.1, 0.15) is 6.10 Å². The molecule has 0 radical (unpaired) electrons. The van der Waals surface area contributed by atoms with Gasteiger partial charge < -0.3 is 10.5 Å². The van der Waals surface area contributed by atoms with Crippen molar-refractivity contribution in [3.8, 4) is 0 Å². The number of carbonyl (C=O) groups is 1. The quantitative estimate of drug-likeness (QED) is 0.668. The van der Waals surface area contributed by atoms with Crippen LogP contribution in [0.3, 0.4) is 0 Å². The highest BCUT2D eigenvalue weighted by atomic mass is 79.9. The molecule has 0 saturated heterocycles. The second-order valence-electron chi connectivity index (χ2n) is 5.03. The Morgan fingerprint density at radius 1 is 1.33 bits per heavy atom. The number of rotatable bonds is 2. The second-order valence-corrected chi connectivity index (χ2v) is 5.88. The van der Waals surface area contributed by atoms with Gasteiger partial charge in [-0.2, -0.15) is 0 Å². The van der Waals surface area contributed by atoms with Crippen LogP contribution < -0.4 is 5.73 Å². The molecule has 1 aromatic rings. The number of ether oxygens (including phenoxy) is 1. The first-order valence-corrected chi connectivity index (χ1v) is 7.11. The van der Waals surface area contributed by atoms with Crippen LogP contribution in [0.25, 0.3) is 0 Å². The molecule has 0 amide bonds. The summed E-state index contributed by atoms with van der Waals surface area (Å²) in [6.45, 7) is 2.24. The lowest BCUT2D eigenvalue weighted by molar-refractivity contribution is 0.0173. The summed E-state index contributed by atoms with van der Waals surface area (Å²) in [6.07, 6.45) is 4.26. The van der Waals surface area contributed by atoms with Crippen molar-refractivity contribution in [1.82, 2.24) is 0 Å². The summed E-state index contributed by atoms with van der Waals surface area (Å²) in [5.41, 5.74) is 6.77. The molecule has 3 nitrogen and oxygen atoms in total. The van der Waals surface area contributed by atoms with E-state index in [1.807, 2.05) is 0 Å². The molecular weight excluding hydrogens is 294 g/mol. The molecule has 0 bridgehead atoms. The standard InChI is InChI=1S/C14H18BrNO2/c1-9-2-5-11(6-3-9)18-14(17)12-8-10(16)4-7-13(12)15/h4,7-9,11H,2-3,5-6,16H2,1H3. The molecule has 0 spiro atoms. The number of esters is 1. The monoisotopic (exact) mass is 311 g/mol. The van der Waals surface area contributed by atoms with Crippen molar-refractivity contribution in [1.29, 1.82) is 0 Å². The van der Waals surface area contributed by atoms with Crippen LogP contribution in [0.15, 0.2) is 22.7 Å². The van der Waals surface area contributed by atoms with E-state index < -0.39 is 0 Å². The fraction of sp³-hybridized carbons (Fsp3) is 0.500. The summed E-state index contributed by atoms with van der Waals surface area (Å²) >= 11 is 3.35. The first kappa shape index (κ1) is 13.4. The van der Waals surface area contributed by atoms with Crippen molar-refractivity contribution in [2.45, 2.75) is 38.7 Å². The summed E-state index contributed by atoms with van der Waals surface area (Å²) in [5.74, 6) is 0.466. The number of nitrogens with two attached hydrogens (primary N) is 1. The van der Waals surface area contributed by atoms with Crippen LogP contribution in [-0.4, -0.2) is 12.1 Å². The number of nitrogen functional groups attached to an aromatic ring is 1. The van der Waals surface area contributed by atoms with Crippen LogP contribution in [0, 0.1) is 5.92 Å². The Bertz CT molecular complexity index is 439. The van der Waals surface area contributed by atoms with Crippen molar-refractivity contribution in [3.05, 3.63) is 28.2 Å². The van der Waals surface area contributed by atoms with E-state index >= 15 is 0 Å². The molecule has 0 aliphatic heterocycles. The zero-order chi connectivity index (χ0) is 13.1. The Kier molecular flexibility index (Phi) is 4.27. The second kappa shape index (κ2) is 5.74. The molecule has 1 aromatic carbocycles. The van der Waals surface area contributed by atoms with Gasteiger partial charge in [-0.15, -0.1) is 0 Å². The highest BCUT2D eigenvalue weighted by molar-refractivity contribution is 9.10. The maximum atomic E-state index is 12.1. The van der Waals surface area contributed by atoms with E-state index in [4.69, 9.17) is 10.5 Å². The van der Waals surface area contributed by atoms with Crippen LogP contribution in [0.2, 0.25) is 0 Å². The molecule has 1 fully saturated rings. The third kappa shape index (κ3) is 3.25. The Labute approximate surface area is 116 Å². The molecular formula is C14H18BrNO2. The third-order valence-corrected chi connectivity index (χ3v) is 4.14. The maximum absolute atomic E-state index is 12.1. The molecule has 18 heavy (non-hydrogen) atoms. The summed E-state index contributed by atoms with van der Waals surface area (Å²) < 4.78 is 6.26. The minimum Gasteiger partial charge on any atom is -0.459 e. The number of halogens is 1. The highest BCUT2D eigenvalue weighted by Crippen LogP contribution is 2.27. The van der Waals surface area contributed by atoms with Crippen molar-refractivity contribution in [2.24, 2.45) is 5.92 Å². The van der Waals surface area contributed by atoms with Gasteiger partial charge in [0.2, 0.25) is 0 Å². The van der Waals surface area contributed by atoms with E-state index in [2.05, 4.69) is 22.9 Å². The lowest BCUT2D eigenvalue weighted by Gasteiger charge is -2.26. The predicted molar refractivity (Wildman–Crippen MR) is 75.4 cm³/mol. The smallest absolute Gasteiger partial charge is 0.339 e. The van der Waals surface area contributed by atoms with Crippen molar-refractivity contribution in [3.63, 3.8) is 0 Å². The summed E-state index contributed by atoms with van der Waals surface area (Å²) in [6, 6.07) is 5.18. The molecule has 1 aliphatic rings. The molecule has 0 atom stereocenters.